The highest BCUT2D eigenvalue weighted by Gasteiger charge is 2.51. The summed E-state index contributed by atoms with van der Waals surface area (Å²) in [5.41, 5.74) is 1.50. The Bertz CT molecular complexity index is 1040. The second-order valence-corrected chi connectivity index (χ2v) is 9.80. The maximum absolute atomic E-state index is 13.4. The lowest BCUT2D eigenvalue weighted by Crippen LogP contribution is -2.57. The van der Waals surface area contributed by atoms with E-state index in [0.717, 1.165) is 13.1 Å². The number of aliphatic hydroxyl groups is 3. The Morgan fingerprint density at radius 1 is 1.21 bits per heavy atom. The number of ether oxygens (including phenoxy) is 4. The smallest absolute Gasteiger partial charge is 0.247 e. The van der Waals surface area contributed by atoms with Gasteiger partial charge in [0.15, 0.2) is 11.5 Å². The summed E-state index contributed by atoms with van der Waals surface area (Å²) in [6.45, 7) is 3.41. The van der Waals surface area contributed by atoms with Crippen molar-refractivity contribution in [2.75, 3.05) is 73.4 Å². The Morgan fingerprint density at radius 3 is 2.64 bits per heavy atom. The summed E-state index contributed by atoms with van der Waals surface area (Å²) in [7, 11) is 3.00. The number of rotatable bonds is 12. The molecule has 1 aromatic rings. The van der Waals surface area contributed by atoms with Crippen LogP contribution in [0.25, 0.3) is 0 Å². The van der Waals surface area contributed by atoms with Gasteiger partial charge in [-0.2, -0.15) is 0 Å². The minimum atomic E-state index is -1.16. The third-order valence-corrected chi connectivity index (χ3v) is 7.46. The van der Waals surface area contributed by atoms with Gasteiger partial charge in [0.1, 0.15) is 12.2 Å². The van der Waals surface area contributed by atoms with Gasteiger partial charge in [0.2, 0.25) is 11.8 Å². The van der Waals surface area contributed by atoms with Gasteiger partial charge < -0.3 is 44.5 Å². The number of fused-ring (bicyclic) bond motifs is 3. The van der Waals surface area contributed by atoms with Gasteiger partial charge in [0.25, 0.3) is 0 Å². The fourth-order valence-electron chi connectivity index (χ4n) is 5.47. The van der Waals surface area contributed by atoms with Crippen molar-refractivity contribution < 1.29 is 43.9 Å². The molecule has 216 valence electrons. The van der Waals surface area contributed by atoms with Crippen LogP contribution in [0.3, 0.4) is 0 Å². The zero-order valence-electron chi connectivity index (χ0n) is 22.5. The third kappa shape index (κ3) is 6.37. The van der Waals surface area contributed by atoms with Gasteiger partial charge >= 0.3 is 0 Å². The number of carbonyl (C=O) groups excluding carboxylic acids is 2. The summed E-state index contributed by atoms with van der Waals surface area (Å²) >= 11 is 0. The summed E-state index contributed by atoms with van der Waals surface area (Å²) in [6.07, 6.45) is -0.283. The van der Waals surface area contributed by atoms with E-state index < -0.39 is 30.1 Å². The fourth-order valence-corrected chi connectivity index (χ4v) is 5.47. The van der Waals surface area contributed by atoms with E-state index in [4.69, 9.17) is 18.9 Å². The van der Waals surface area contributed by atoms with Crippen LogP contribution >= 0.6 is 0 Å². The molecule has 12 nitrogen and oxygen atoms in total. The van der Waals surface area contributed by atoms with E-state index in [1.54, 1.807) is 23.1 Å². The van der Waals surface area contributed by atoms with E-state index in [2.05, 4.69) is 10.2 Å². The standard InChI is InChI=1S/C27H39N3O9/c1-36-10-3-22(33)30(6-5-29-7-11-38-12-8-29)20-15-19(27(35)28-4-9-31)23-18-13-17(16-32)14-21(37-2)25(18)39-26(23)24(20)34/h13-15,20,23-24,26,31-32,34H,3-12,16H2,1-2H3,(H,28,35). The Morgan fingerprint density at radius 2 is 1.97 bits per heavy atom. The number of morpholine rings is 1. The van der Waals surface area contributed by atoms with E-state index in [1.807, 2.05) is 0 Å². The number of amides is 2. The van der Waals surface area contributed by atoms with Crippen LogP contribution in [0.15, 0.2) is 23.8 Å². The average Bonchev–Trinajstić information content (AvgIpc) is 3.35. The Hall–Kier alpha value is -2.74. The molecule has 0 spiro atoms. The molecule has 0 aromatic heterocycles. The topological polar surface area (TPSA) is 150 Å². The van der Waals surface area contributed by atoms with Crippen molar-refractivity contribution in [2.45, 2.75) is 37.2 Å². The molecule has 39 heavy (non-hydrogen) atoms. The zero-order valence-corrected chi connectivity index (χ0v) is 22.5. The SMILES string of the molecule is COCCC(=O)N(CCN1CCOCC1)C1C=C(C(=O)NCCO)C2c3cc(CO)cc(OC)c3OC2C1O. The Balaban J connectivity index is 1.72. The van der Waals surface area contributed by atoms with Gasteiger partial charge in [-0.15, -0.1) is 0 Å². The first-order valence-corrected chi connectivity index (χ1v) is 13.3. The van der Waals surface area contributed by atoms with Gasteiger partial charge in [-0.3, -0.25) is 14.5 Å². The van der Waals surface area contributed by atoms with Crippen LogP contribution in [0.5, 0.6) is 11.5 Å². The number of aliphatic hydroxyl groups excluding tert-OH is 3. The van der Waals surface area contributed by atoms with E-state index in [1.165, 1.54) is 14.2 Å². The van der Waals surface area contributed by atoms with Crippen LogP contribution in [0, 0.1) is 0 Å². The van der Waals surface area contributed by atoms with Crippen molar-refractivity contribution in [1.82, 2.24) is 15.1 Å². The van der Waals surface area contributed by atoms with Crippen molar-refractivity contribution in [3.63, 3.8) is 0 Å². The molecule has 3 aliphatic rings. The fraction of sp³-hybridized carbons (Fsp3) is 0.630. The van der Waals surface area contributed by atoms with Crippen molar-refractivity contribution >= 4 is 11.8 Å². The van der Waals surface area contributed by atoms with Gasteiger partial charge in [-0.1, -0.05) is 0 Å². The molecular weight excluding hydrogens is 510 g/mol. The molecule has 4 N–H and O–H groups in total. The number of hydrogen-bond acceptors (Lipinski definition) is 10. The van der Waals surface area contributed by atoms with Crippen LogP contribution in [-0.2, 0) is 25.7 Å². The minimum Gasteiger partial charge on any atom is -0.493 e. The lowest BCUT2D eigenvalue weighted by atomic mass is 9.77. The van der Waals surface area contributed by atoms with Crippen molar-refractivity contribution in [1.29, 1.82) is 0 Å². The normalized spacial score (nSPS) is 24.3. The van der Waals surface area contributed by atoms with Gasteiger partial charge in [0, 0.05) is 51.0 Å². The molecule has 1 saturated heterocycles. The zero-order chi connectivity index (χ0) is 27.9. The molecule has 4 unspecified atom stereocenters. The number of benzene rings is 1. The quantitative estimate of drug-likeness (QED) is 0.256. The second-order valence-electron chi connectivity index (χ2n) is 9.80. The molecule has 1 fully saturated rings. The van der Waals surface area contributed by atoms with Crippen LogP contribution < -0.4 is 14.8 Å². The second kappa shape index (κ2) is 13.6. The molecule has 2 heterocycles. The van der Waals surface area contributed by atoms with Gasteiger partial charge in [0.05, 0.1) is 58.5 Å². The molecule has 1 aliphatic carbocycles. The first kappa shape index (κ1) is 29.2. The van der Waals surface area contributed by atoms with Crippen LogP contribution in [-0.4, -0.2) is 129 Å². The number of nitrogens with zero attached hydrogens (tertiary/aromatic N) is 2. The summed E-state index contributed by atoms with van der Waals surface area (Å²) in [5.74, 6) is -0.547. The number of methoxy groups -OCH3 is 2. The molecular formula is C27H39N3O9. The molecule has 4 rings (SSSR count). The number of nitrogens with one attached hydrogen (secondary N) is 1. The Kier molecular flexibility index (Phi) is 10.2. The van der Waals surface area contributed by atoms with Gasteiger partial charge in [-0.05, 0) is 23.8 Å². The average molecular weight is 550 g/mol. The van der Waals surface area contributed by atoms with E-state index in [-0.39, 0.29) is 38.7 Å². The Labute approximate surface area is 228 Å². The van der Waals surface area contributed by atoms with Gasteiger partial charge in [-0.25, -0.2) is 0 Å². The number of hydrogen-bond donors (Lipinski definition) is 4. The predicted molar refractivity (Wildman–Crippen MR) is 140 cm³/mol. The minimum absolute atomic E-state index is 0.0437. The maximum atomic E-state index is 13.4. The van der Waals surface area contributed by atoms with Crippen LogP contribution in [0.2, 0.25) is 0 Å². The molecule has 0 radical (unpaired) electrons. The lowest BCUT2D eigenvalue weighted by molar-refractivity contribution is -0.138. The summed E-state index contributed by atoms with van der Waals surface area (Å²) < 4.78 is 22.3. The van der Waals surface area contributed by atoms with Crippen molar-refractivity contribution in [2.24, 2.45) is 0 Å². The molecule has 2 amide bonds. The molecule has 0 saturated carbocycles. The molecule has 12 heteroatoms. The monoisotopic (exact) mass is 549 g/mol. The highest BCUT2D eigenvalue weighted by Crippen LogP contribution is 2.51. The molecule has 2 aliphatic heterocycles. The van der Waals surface area contributed by atoms with E-state index in [0.29, 0.717) is 54.5 Å². The first-order chi connectivity index (χ1) is 18.9. The summed E-state index contributed by atoms with van der Waals surface area (Å²) in [5, 5.41) is 33.5. The molecule has 4 atom stereocenters. The largest absolute Gasteiger partial charge is 0.493 e. The van der Waals surface area contributed by atoms with E-state index >= 15 is 0 Å². The summed E-state index contributed by atoms with van der Waals surface area (Å²) in [6, 6.07) is 2.55. The highest BCUT2D eigenvalue weighted by atomic mass is 16.5. The van der Waals surface area contributed by atoms with E-state index in [9.17, 15) is 24.9 Å². The van der Waals surface area contributed by atoms with Crippen molar-refractivity contribution in [3.05, 3.63) is 34.9 Å². The van der Waals surface area contributed by atoms with Crippen LogP contribution in [0.1, 0.15) is 23.5 Å². The van der Waals surface area contributed by atoms with Crippen molar-refractivity contribution in [3.8, 4) is 11.5 Å². The predicted octanol–water partition coefficient (Wildman–Crippen LogP) is -0.993. The number of carbonyl (C=O) groups is 2. The third-order valence-electron chi connectivity index (χ3n) is 7.46. The summed E-state index contributed by atoms with van der Waals surface area (Å²) in [4.78, 5) is 30.6. The highest BCUT2D eigenvalue weighted by molar-refractivity contribution is 5.96. The first-order valence-electron chi connectivity index (χ1n) is 13.3. The molecule has 0 bridgehead atoms. The van der Waals surface area contributed by atoms with Crippen LogP contribution in [0.4, 0.5) is 0 Å². The maximum Gasteiger partial charge on any atom is 0.247 e. The lowest BCUT2D eigenvalue weighted by Gasteiger charge is -2.41. The molecule has 1 aromatic carbocycles.